The van der Waals surface area contributed by atoms with E-state index in [2.05, 4.69) is 15.3 Å². The Kier molecular flexibility index (Phi) is 4.18. The van der Waals surface area contributed by atoms with Gasteiger partial charge >= 0.3 is 0 Å². The summed E-state index contributed by atoms with van der Waals surface area (Å²) in [7, 11) is 3.24. The predicted octanol–water partition coefficient (Wildman–Crippen LogP) is 2.67. The zero-order valence-corrected chi connectivity index (χ0v) is 11.3. The zero-order chi connectivity index (χ0) is 13.7. The summed E-state index contributed by atoms with van der Waals surface area (Å²) < 4.78 is 10.4. The second kappa shape index (κ2) is 6.04. The van der Waals surface area contributed by atoms with E-state index in [1.54, 1.807) is 26.5 Å². The highest BCUT2D eigenvalue weighted by molar-refractivity contribution is 5.40. The molecule has 0 aliphatic carbocycles. The van der Waals surface area contributed by atoms with E-state index in [9.17, 15) is 0 Å². The molecule has 1 unspecified atom stereocenters. The van der Waals surface area contributed by atoms with Crippen molar-refractivity contribution in [3.63, 3.8) is 0 Å². The van der Waals surface area contributed by atoms with Crippen molar-refractivity contribution in [3.8, 4) is 11.6 Å². The number of para-hydroxylation sites is 1. The molecule has 1 N–H and O–H groups in total. The number of aromatic nitrogens is 2. The van der Waals surface area contributed by atoms with Crippen molar-refractivity contribution in [2.24, 2.45) is 0 Å². The van der Waals surface area contributed by atoms with Gasteiger partial charge in [-0.25, -0.2) is 4.98 Å². The Hall–Kier alpha value is -2.30. The first-order chi connectivity index (χ1) is 9.24. The van der Waals surface area contributed by atoms with Crippen LogP contribution in [0.2, 0.25) is 0 Å². The van der Waals surface area contributed by atoms with E-state index < -0.39 is 0 Å². The van der Waals surface area contributed by atoms with Gasteiger partial charge in [-0.15, -0.1) is 0 Å². The van der Waals surface area contributed by atoms with Crippen molar-refractivity contribution < 1.29 is 9.47 Å². The Labute approximate surface area is 112 Å². The third-order valence-corrected chi connectivity index (χ3v) is 2.79. The Morgan fingerprint density at radius 3 is 2.63 bits per heavy atom. The molecule has 0 saturated carbocycles. The Balaban J connectivity index is 2.18. The maximum atomic E-state index is 5.34. The molecule has 5 nitrogen and oxygen atoms in total. The van der Waals surface area contributed by atoms with Crippen LogP contribution >= 0.6 is 0 Å². The molecule has 0 aliphatic rings. The zero-order valence-electron chi connectivity index (χ0n) is 11.3. The molecule has 0 amide bonds. The highest BCUT2D eigenvalue weighted by Crippen LogP contribution is 2.26. The molecule has 2 rings (SSSR count). The van der Waals surface area contributed by atoms with E-state index in [-0.39, 0.29) is 6.04 Å². The third kappa shape index (κ3) is 3.13. The fourth-order valence-corrected chi connectivity index (χ4v) is 1.82. The van der Waals surface area contributed by atoms with Gasteiger partial charge in [0.15, 0.2) is 0 Å². The SMILES string of the molecule is COc1ccnc(NC(C)c2ccccc2OC)n1. The number of hydrogen-bond donors (Lipinski definition) is 1. The average molecular weight is 259 g/mol. The topological polar surface area (TPSA) is 56.3 Å². The van der Waals surface area contributed by atoms with Crippen LogP contribution in [0.3, 0.4) is 0 Å². The third-order valence-electron chi connectivity index (χ3n) is 2.79. The largest absolute Gasteiger partial charge is 0.496 e. The van der Waals surface area contributed by atoms with Gasteiger partial charge in [-0.2, -0.15) is 4.98 Å². The van der Waals surface area contributed by atoms with Crippen LogP contribution in [0.1, 0.15) is 18.5 Å². The molecule has 0 radical (unpaired) electrons. The molecule has 100 valence electrons. The van der Waals surface area contributed by atoms with Gasteiger partial charge in [0.1, 0.15) is 5.75 Å². The number of benzene rings is 1. The molecular formula is C14H17N3O2. The second-order valence-corrected chi connectivity index (χ2v) is 4.03. The highest BCUT2D eigenvalue weighted by Gasteiger charge is 2.11. The number of hydrogen-bond acceptors (Lipinski definition) is 5. The van der Waals surface area contributed by atoms with Crippen molar-refractivity contribution >= 4 is 5.95 Å². The monoisotopic (exact) mass is 259 g/mol. The van der Waals surface area contributed by atoms with Gasteiger partial charge in [0, 0.05) is 17.8 Å². The summed E-state index contributed by atoms with van der Waals surface area (Å²) >= 11 is 0. The Bertz CT molecular complexity index is 546. The van der Waals surface area contributed by atoms with Gasteiger partial charge in [0.25, 0.3) is 0 Å². The number of ether oxygens (including phenoxy) is 2. The first-order valence-corrected chi connectivity index (χ1v) is 6.01. The van der Waals surface area contributed by atoms with Gasteiger partial charge < -0.3 is 14.8 Å². The number of anilines is 1. The molecule has 5 heteroatoms. The maximum absolute atomic E-state index is 5.34. The van der Waals surface area contributed by atoms with E-state index in [0.717, 1.165) is 11.3 Å². The maximum Gasteiger partial charge on any atom is 0.226 e. The van der Waals surface area contributed by atoms with E-state index in [1.165, 1.54) is 0 Å². The lowest BCUT2D eigenvalue weighted by Crippen LogP contribution is -2.10. The van der Waals surface area contributed by atoms with Crippen LogP contribution in [0.25, 0.3) is 0 Å². The lowest BCUT2D eigenvalue weighted by molar-refractivity contribution is 0.397. The summed E-state index contributed by atoms with van der Waals surface area (Å²) in [5.74, 6) is 1.90. The van der Waals surface area contributed by atoms with Gasteiger partial charge in [0.2, 0.25) is 11.8 Å². The highest BCUT2D eigenvalue weighted by atomic mass is 16.5. The quantitative estimate of drug-likeness (QED) is 0.894. The van der Waals surface area contributed by atoms with E-state index in [0.29, 0.717) is 11.8 Å². The van der Waals surface area contributed by atoms with Crippen molar-refractivity contribution in [2.45, 2.75) is 13.0 Å². The van der Waals surface area contributed by atoms with Crippen molar-refractivity contribution in [2.75, 3.05) is 19.5 Å². The molecule has 0 aliphatic heterocycles. The molecule has 0 spiro atoms. The van der Waals surface area contributed by atoms with Crippen LogP contribution < -0.4 is 14.8 Å². The number of methoxy groups -OCH3 is 2. The minimum absolute atomic E-state index is 0.0308. The van der Waals surface area contributed by atoms with Gasteiger partial charge in [-0.1, -0.05) is 18.2 Å². The number of nitrogens with zero attached hydrogens (tertiary/aromatic N) is 2. The van der Waals surface area contributed by atoms with Crippen molar-refractivity contribution in [3.05, 3.63) is 42.1 Å². The summed E-state index contributed by atoms with van der Waals surface area (Å²) in [4.78, 5) is 8.39. The van der Waals surface area contributed by atoms with Crippen LogP contribution in [0.5, 0.6) is 11.6 Å². The van der Waals surface area contributed by atoms with Crippen molar-refractivity contribution in [1.82, 2.24) is 9.97 Å². The minimum Gasteiger partial charge on any atom is -0.496 e. The van der Waals surface area contributed by atoms with Crippen LogP contribution in [0.15, 0.2) is 36.5 Å². The number of rotatable bonds is 5. The van der Waals surface area contributed by atoms with Gasteiger partial charge in [-0.3, -0.25) is 0 Å². The molecular weight excluding hydrogens is 242 g/mol. The van der Waals surface area contributed by atoms with Crippen LogP contribution in [0, 0.1) is 0 Å². The van der Waals surface area contributed by atoms with Crippen molar-refractivity contribution in [1.29, 1.82) is 0 Å². The summed E-state index contributed by atoms with van der Waals surface area (Å²) in [6, 6.07) is 9.60. The minimum atomic E-state index is 0.0308. The molecule has 2 aromatic rings. The van der Waals surface area contributed by atoms with E-state index in [4.69, 9.17) is 9.47 Å². The van der Waals surface area contributed by atoms with E-state index in [1.807, 2.05) is 31.2 Å². The molecule has 0 bridgehead atoms. The van der Waals surface area contributed by atoms with Gasteiger partial charge in [0.05, 0.1) is 20.3 Å². The smallest absolute Gasteiger partial charge is 0.226 e. The Morgan fingerprint density at radius 1 is 1.11 bits per heavy atom. The molecule has 0 fully saturated rings. The summed E-state index contributed by atoms with van der Waals surface area (Å²) in [6.07, 6.45) is 1.66. The van der Waals surface area contributed by atoms with Gasteiger partial charge in [-0.05, 0) is 13.0 Å². The molecule has 1 heterocycles. The molecule has 0 saturated heterocycles. The average Bonchev–Trinajstić information content (AvgIpc) is 2.47. The Morgan fingerprint density at radius 2 is 1.89 bits per heavy atom. The normalized spacial score (nSPS) is 11.7. The molecule has 1 aromatic carbocycles. The fraction of sp³-hybridized carbons (Fsp3) is 0.286. The summed E-state index contributed by atoms with van der Waals surface area (Å²) in [5.41, 5.74) is 1.05. The predicted molar refractivity (Wildman–Crippen MR) is 73.6 cm³/mol. The molecule has 1 atom stereocenters. The molecule has 19 heavy (non-hydrogen) atoms. The first-order valence-electron chi connectivity index (χ1n) is 6.01. The molecule has 1 aromatic heterocycles. The van der Waals surface area contributed by atoms with Crippen LogP contribution in [0.4, 0.5) is 5.95 Å². The second-order valence-electron chi connectivity index (χ2n) is 4.03. The summed E-state index contributed by atoms with van der Waals surface area (Å²) in [6.45, 7) is 2.03. The van der Waals surface area contributed by atoms with E-state index >= 15 is 0 Å². The first kappa shape index (κ1) is 13.1. The standard InChI is InChI=1S/C14H17N3O2/c1-10(11-6-4-5-7-12(11)18-2)16-14-15-9-8-13(17-14)19-3/h4-10H,1-3H3,(H,15,16,17). The fourth-order valence-electron chi connectivity index (χ4n) is 1.82. The van der Waals surface area contributed by atoms with Crippen LogP contribution in [-0.4, -0.2) is 24.2 Å². The number of nitrogens with one attached hydrogen (secondary N) is 1. The van der Waals surface area contributed by atoms with Crippen LogP contribution in [-0.2, 0) is 0 Å². The lowest BCUT2D eigenvalue weighted by Gasteiger charge is -2.17. The lowest BCUT2D eigenvalue weighted by atomic mass is 10.1. The summed E-state index contributed by atoms with van der Waals surface area (Å²) in [5, 5.41) is 3.23.